The van der Waals surface area contributed by atoms with Gasteiger partial charge in [-0.25, -0.2) is 16.8 Å². The zero-order valence-electron chi connectivity index (χ0n) is 27.9. The van der Waals surface area contributed by atoms with E-state index in [-0.39, 0.29) is 52.6 Å². The van der Waals surface area contributed by atoms with E-state index in [2.05, 4.69) is 4.72 Å². The fourth-order valence-corrected chi connectivity index (χ4v) is 7.90. The molecule has 0 fully saturated rings. The number of fused-ring (bicyclic) bond motifs is 1. The first-order chi connectivity index (χ1) is 23.1. The summed E-state index contributed by atoms with van der Waals surface area (Å²) in [5, 5.41) is 11.0. The third kappa shape index (κ3) is 10.1. The first-order valence-corrected chi connectivity index (χ1v) is 19.6. The minimum atomic E-state index is -4.02. The van der Waals surface area contributed by atoms with Gasteiger partial charge in [-0.15, -0.1) is 0 Å². The molecule has 0 bridgehead atoms. The molecule has 3 aromatic rings. The lowest BCUT2D eigenvalue weighted by molar-refractivity contribution is -0.00833. The predicted octanol–water partition coefficient (Wildman–Crippen LogP) is 5.91. The molecule has 1 aliphatic heterocycles. The van der Waals surface area contributed by atoms with Gasteiger partial charge >= 0.3 is 0 Å². The molecule has 1 amide bonds. The first-order valence-electron chi connectivity index (χ1n) is 16.0. The van der Waals surface area contributed by atoms with Gasteiger partial charge in [0.05, 0.1) is 40.2 Å². The molecule has 0 unspecified atom stereocenters. The van der Waals surface area contributed by atoms with E-state index in [1.54, 1.807) is 13.0 Å². The lowest BCUT2D eigenvalue weighted by Gasteiger charge is -2.35. The molecule has 0 aromatic heterocycles. The molecule has 11 nitrogen and oxygen atoms in total. The third-order valence-corrected chi connectivity index (χ3v) is 12.1. The van der Waals surface area contributed by atoms with Crippen LogP contribution in [0.3, 0.4) is 0 Å². The van der Waals surface area contributed by atoms with E-state index >= 15 is 0 Å². The van der Waals surface area contributed by atoms with Crippen LogP contribution in [-0.4, -0.2) is 88.7 Å². The molecule has 0 spiro atoms. The molecule has 4 rings (SSSR count). The average Bonchev–Trinajstić information content (AvgIpc) is 3.06. The molecular formula is C34H43Cl2N3O8S2. The summed E-state index contributed by atoms with van der Waals surface area (Å²) in [5.41, 5.74) is 0.243. The predicted molar refractivity (Wildman–Crippen MR) is 190 cm³/mol. The summed E-state index contributed by atoms with van der Waals surface area (Å²) >= 11 is 11.9. The van der Waals surface area contributed by atoms with Gasteiger partial charge < -0.3 is 19.5 Å². The zero-order chi connectivity index (χ0) is 35.9. The number of hydrogen-bond donors (Lipinski definition) is 2. The normalized spacial score (nSPS) is 20.6. The number of amides is 1. The van der Waals surface area contributed by atoms with Crippen molar-refractivity contribution in [2.75, 3.05) is 38.1 Å². The molecule has 0 radical (unpaired) electrons. The van der Waals surface area contributed by atoms with E-state index in [9.17, 15) is 26.7 Å². The van der Waals surface area contributed by atoms with Crippen LogP contribution in [0.15, 0.2) is 76.5 Å². The summed E-state index contributed by atoms with van der Waals surface area (Å²) in [4.78, 5) is 15.9. The maximum Gasteiger partial charge on any atom is 0.261 e. The third-order valence-electron chi connectivity index (χ3n) is 8.39. The Labute approximate surface area is 299 Å². The van der Waals surface area contributed by atoms with Crippen molar-refractivity contribution in [3.05, 3.63) is 82.3 Å². The fraction of sp³-hybridized carbons (Fsp3) is 0.441. The molecule has 0 saturated carbocycles. The molecule has 4 atom stereocenters. The molecule has 1 aliphatic rings. The van der Waals surface area contributed by atoms with Gasteiger partial charge in [-0.1, -0.05) is 30.1 Å². The van der Waals surface area contributed by atoms with Crippen molar-refractivity contribution in [2.45, 2.75) is 68.1 Å². The maximum absolute atomic E-state index is 14.4. The Morgan fingerprint density at radius 1 is 0.959 bits per heavy atom. The first kappa shape index (κ1) is 38.9. The summed E-state index contributed by atoms with van der Waals surface area (Å²) in [7, 11) is -6.42. The number of carbonyl (C=O) groups is 1. The van der Waals surface area contributed by atoms with Crippen molar-refractivity contribution in [1.29, 1.82) is 0 Å². The van der Waals surface area contributed by atoms with Gasteiger partial charge in [-0.05, 0) is 99.8 Å². The Morgan fingerprint density at radius 3 is 2.18 bits per heavy atom. The van der Waals surface area contributed by atoms with Gasteiger partial charge in [0, 0.05) is 48.4 Å². The molecule has 1 heterocycles. The number of hydrogen-bond acceptors (Lipinski definition) is 8. The Balaban J connectivity index is 1.67. The van der Waals surface area contributed by atoms with E-state index < -0.39 is 44.0 Å². The maximum atomic E-state index is 14.4. The van der Waals surface area contributed by atoms with Crippen LogP contribution in [0, 0.1) is 5.92 Å². The van der Waals surface area contributed by atoms with Gasteiger partial charge in [0.15, 0.2) is 0 Å². The van der Waals surface area contributed by atoms with Gasteiger partial charge in [0.2, 0.25) is 10.0 Å². The number of benzene rings is 3. The fourth-order valence-electron chi connectivity index (χ4n) is 5.41. The molecule has 49 heavy (non-hydrogen) atoms. The number of sulfonamides is 2. The second-order valence-electron chi connectivity index (χ2n) is 12.3. The van der Waals surface area contributed by atoms with Crippen molar-refractivity contribution in [3.8, 4) is 5.75 Å². The highest BCUT2D eigenvalue weighted by Gasteiger charge is 2.32. The van der Waals surface area contributed by atoms with E-state index in [0.29, 0.717) is 29.5 Å². The quantitative estimate of drug-likeness (QED) is 0.275. The summed E-state index contributed by atoms with van der Waals surface area (Å²) in [5.74, 6) is -0.617. The van der Waals surface area contributed by atoms with Gasteiger partial charge in [-0.3, -0.25) is 9.52 Å². The number of ether oxygens (including phenoxy) is 2. The average molecular weight is 757 g/mol. The molecule has 2 N–H and O–H groups in total. The second-order valence-corrected chi connectivity index (χ2v) is 16.9. The van der Waals surface area contributed by atoms with Gasteiger partial charge in [-0.2, -0.15) is 4.31 Å². The molecule has 0 aliphatic carbocycles. The van der Waals surface area contributed by atoms with E-state index in [0.717, 1.165) is 6.42 Å². The Bertz CT molecular complexity index is 1790. The lowest BCUT2D eigenvalue weighted by Crippen LogP contribution is -2.48. The van der Waals surface area contributed by atoms with E-state index in [1.165, 1.54) is 76.9 Å². The number of carbonyl (C=O) groups excluding carboxylic acids is 1. The van der Waals surface area contributed by atoms with E-state index in [4.69, 9.17) is 32.7 Å². The van der Waals surface area contributed by atoms with Crippen LogP contribution in [0.4, 0.5) is 5.69 Å². The summed E-state index contributed by atoms with van der Waals surface area (Å²) < 4.78 is 69.5. The highest BCUT2D eigenvalue weighted by atomic mass is 35.5. The summed E-state index contributed by atoms with van der Waals surface area (Å²) in [6.07, 6.45) is 1.18. The highest BCUT2D eigenvalue weighted by molar-refractivity contribution is 7.92. The molecular weight excluding hydrogens is 713 g/mol. The number of likely N-dealkylation sites (N-methyl/N-ethyl adjacent to an activating group) is 1. The smallest absolute Gasteiger partial charge is 0.261 e. The van der Waals surface area contributed by atoms with Crippen molar-refractivity contribution in [1.82, 2.24) is 9.21 Å². The van der Waals surface area contributed by atoms with Crippen molar-refractivity contribution >= 4 is 54.8 Å². The molecule has 15 heteroatoms. The SMILES string of the molecule is C[C@@H]1CCCCO[C@@H](CN(C)S(=O)(=O)c2ccc(Cl)cc2)[C@H](C)CN([C@H](C)CO)C(=O)c2cc(NS(=O)(=O)c3ccc(Cl)cc3)ccc2O1. The summed E-state index contributed by atoms with van der Waals surface area (Å²) in [6, 6.07) is 15.5. The molecule has 268 valence electrons. The van der Waals surface area contributed by atoms with Crippen LogP contribution in [0.2, 0.25) is 10.0 Å². The summed E-state index contributed by atoms with van der Waals surface area (Å²) in [6.45, 7) is 5.55. The Kier molecular flexibility index (Phi) is 13.4. The number of aliphatic hydroxyl groups excluding tert-OH is 1. The number of aliphatic hydroxyl groups is 1. The topological polar surface area (TPSA) is 143 Å². The number of anilines is 1. The Morgan fingerprint density at radius 2 is 1.57 bits per heavy atom. The second kappa shape index (κ2) is 16.9. The number of nitrogens with zero attached hydrogens (tertiary/aromatic N) is 2. The van der Waals surface area contributed by atoms with E-state index in [1.807, 2.05) is 13.8 Å². The monoisotopic (exact) mass is 755 g/mol. The van der Waals surface area contributed by atoms with Crippen molar-refractivity contribution in [2.24, 2.45) is 5.92 Å². The zero-order valence-corrected chi connectivity index (χ0v) is 31.0. The minimum Gasteiger partial charge on any atom is -0.490 e. The Hall–Kier alpha value is -2.91. The number of halogens is 2. The van der Waals surface area contributed by atoms with Crippen molar-refractivity contribution in [3.63, 3.8) is 0 Å². The van der Waals surface area contributed by atoms with Crippen LogP contribution >= 0.6 is 23.2 Å². The standard InChI is InChI=1S/C34H43Cl2N3O8S2/c1-23-20-39(24(2)22-40)34(41)31-19-28(37-48(42,43)29-13-8-26(35)9-14-29)12-17-32(31)47-25(3)7-5-6-18-46-33(23)21-38(4)49(44,45)30-15-10-27(36)11-16-30/h8-17,19,23-25,33,37,40H,5-7,18,20-22H2,1-4H3/t23-,24-,25-,33+/m1/s1. The highest BCUT2D eigenvalue weighted by Crippen LogP contribution is 2.30. The van der Waals surface area contributed by atoms with Gasteiger partial charge in [0.1, 0.15) is 5.75 Å². The van der Waals surface area contributed by atoms with Crippen LogP contribution in [-0.2, 0) is 24.8 Å². The molecule has 3 aromatic carbocycles. The van der Waals surface area contributed by atoms with Crippen LogP contribution in [0.5, 0.6) is 5.75 Å². The van der Waals surface area contributed by atoms with Crippen LogP contribution < -0.4 is 9.46 Å². The number of rotatable bonds is 9. The largest absolute Gasteiger partial charge is 0.490 e. The minimum absolute atomic E-state index is 0.00776. The van der Waals surface area contributed by atoms with Crippen LogP contribution in [0.1, 0.15) is 50.4 Å². The van der Waals surface area contributed by atoms with Gasteiger partial charge in [0.25, 0.3) is 15.9 Å². The van der Waals surface area contributed by atoms with Crippen molar-refractivity contribution < 1.29 is 36.2 Å². The lowest BCUT2D eigenvalue weighted by atomic mass is 10.0. The van der Waals surface area contributed by atoms with Crippen LogP contribution in [0.25, 0.3) is 0 Å². The number of nitrogens with one attached hydrogen (secondary N) is 1. The molecule has 0 saturated heterocycles.